The topological polar surface area (TPSA) is 61.4 Å². The first-order valence-corrected chi connectivity index (χ1v) is 9.64. The van der Waals surface area contributed by atoms with Gasteiger partial charge in [-0.05, 0) is 25.3 Å². The second kappa shape index (κ2) is 9.59. The lowest BCUT2D eigenvalue weighted by atomic mass is 10.1. The van der Waals surface area contributed by atoms with Gasteiger partial charge in [0.1, 0.15) is 0 Å². The van der Waals surface area contributed by atoms with Crippen LogP contribution in [0.25, 0.3) is 0 Å². The van der Waals surface area contributed by atoms with Crippen LogP contribution in [-0.2, 0) is 0 Å². The number of anilines is 1. The number of rotatable bonds is 7. The molecule has 1 aromatic rings. The summed E-state index contributed by atoms with van der Waals surface area (Å²) < 4.78 is 0. The maximum Gasteiger partial charge on any atom is 0.317 e. The average Bonchev–Trinajstić information content (AvgIpc) is 2.62. The monoisotopic (exact) mass is 347 g/mol. The Morgan fingerprint density at radius 2 is 1.92 bits per heavy atom. The number of unbranched alkanes of at least 4 members (excludes halogenated alkanes) is 2. The first kappa shape index (κ1) is 19.5. The van der Waals surface area contributed by atoms with Crippen LogP contribution in [0.4, 0.5) is 10.7 Å². The minimum atomic E-state index is 0.0560. The van der Waals surface area contributed by atoms with Crippen LogP contribution in [0.2, 0.25) is 0 Å². The molecule has 0 bridgehead atoms. The number of carbonyl (C=O) groups excluding carboxylic acids is 1. The van der Waals surface area contributed by atoms with Crippen LogP contribution in [0.3, 0.4) is 0 Å². The van der Waals surface area contributed by atoms with E-state index in [4.69, 9.17) is 0 Å². The molecule has 1 fully saturated rings. The molecule has 140 valence electrons. The first-order chi connectivity index (χ1) is 12.0. The largest absolute Gasteiger partial charge is 0.337 e. The minimum absolute atomic E-state index is 0.0560. The molecular weight excluding hydrogens is 314 g/mol. The van der Waals surface area contributed by atoms with E-state index in [2.05, 4.69) is 47.9 Å². The zero-order valence-electron chi connectivity index (χ0n) is 16.2. The summed E-state index contributed by atoms with van der Waals surface area (Å²) in [6.45, 7) is 11.5. The molecule has 1 aliphatic rings. The van der Waals surface area contributed by atoms with E-state index in [1.54, 1.807) is 0 Å². The van der Waals surface area contributed by atoms with Gasteiger partial charge in [-0.25, -0.2) is 14.8 Å². The van der Waals surface area contributed by atoms with E-state index < -0.39 is 0 Å². The van der Waals surface area contributed by atoms with Crippen LogP contribution in [0.15, 0.2) is 12.3 Å². The van der Waals surface area contributed by atoms with Crippen LogP contribution in [-0.4, -0.2) is 53.1 Å². The van der Waals surface area contributed by atoms with E-state index in [0.717, 1.165) is 31.2 Å². The van der Waals surface area contributed by atoms with Crippen molar-refractivity contribution in [3.05, 3.63) is 18.0 Å². The highest BCUT2D eigenvalue weighted by Crippen LogP contribution is 2.16. The number of hydrogen-bond donors (Lipinski definition) is 1. The lowest BCUT2D eigenvalue weighted by Crippen LogP contribution is -2.53. The molecule has 0 radical (unpaired) electrons. The molecule has 2 rings (SSSR count). The molecule has 1 aromatic heterocycles. The van der Waals surface area contributed by atoms with Crippen LogP contribution >= 0.6 is 0 Å². The lowest BCUT2D eigenvalue weighted by molar-refractivity contribution is 0.190. The minimum Gasteiger partial charge on any atom is -0.337 e. The molecule has 1 N–H and O–H groups in total. The summed E-state index contributed by atoms with van der Waals surface area (Å²) in [7, 11) is 0. The van der Waals surface area contributed by atoms with Gasteiger partial charge in [0, 0.05) is 44.1 Å². The van der Waals surface area contributed by atoms with Gasteiger partial charge in [-0.2, -0.15) is 0 Å². The van der Waals surface area contributed by atoms with E-state index in [1.807, 2.05) is 17.2 Å². The van der Waals surface area contributed by atoms with Crippen LogP contribution in [0, 0.1) is 0 Å². The van der Waals surface area contributed by atoms with Crippen molar-refractivity contribution in [1.82, 2.24) is 20.2 Å². The Morgan fingerprint density at radius 3 is 2.56 bits per heavy atom. The van der Waals surface area contributed by atoms with Crippen LogP contribution < -0.4 is 10.2 Å². The second-order valence-corrected chi connectivity index (χ2v) is 7.26. The Labute approximate surface area is 152 Å². The van der Waals surface area contributed by atoms with Gasteiger partial charge in [0.25, 0.3) is 0 Å². The van der Waals surface area contributed by atoms with Gasteiger partial charge < -0.3 is 15.1 Å². The van der Waals surface area contributed by atoms with Crippen molar-refractivity contribution >= 4 is 12.0 Å². The smallest absolute Gasteiger partial charge is 0.317 e. The van der Waals surface area contributed by atoms with Gasteiger partial charge >= 0.3 is 6.03 Å². The van der Waals surface area contributed by atoms with Crippen LogP contribution in [0.1, 0.15) is 65.0 Å². The van der Waals surface area contributed by atoms with E-state index >= 15 is 0 Å². The summed E-state index contributed by atoms with van der Waals surface area (Å²) in [6, 6.07) is 2.27. The molecule has 0 saturated carbocycles. The Morgan fingerprint density at radius 1 is 1.20 bits per heavy atom. The molecule has 2 amide bonds. The number of urea groups is 1. The van der Waals surface area contributed by atoms with Crippen molar-refractivity contribution in [3.63, 3.8) is 0 Å². The fourth-order valence-corrected chi connectivity index (χ4v) is 3.02. The number of hydrogen-bond acceptors (Lipinski definition) is 4. The van der Waals surface area contributed by atoms with Crippen molar-refractivity contribution in [2.45, 2.75) is 65.3 Å². The van der Waals surface area contributed by atoms with Crippen LogP contribution in [0.5, 0.6) is 0 Å². The summed E-state index contributed by atoms with van der Waals surface area (Å²) in [5, 5.41) is 3.12. The van der Waals surface area contributed by atoms with Gasteiger partial charge in [-0.1, -0.05) is 40.0 Å². The molecular formula is C19H33N5O. The first-order valence-electron chi connectivity index (χ1n) is 9.64. The predicted octanol–water partition coefficient (Wildman–Crippen LogP) is 3.40. The molecule has 1 saturated heterocycles. The van der Waals surface area contributed by atoms with Gasteiger partial charge in [0.05, 0.1) is 0 Å². The maximum atomic E-state index is 12.4. The SMILES string of the molecule is CCCCCC(C)NC(=O)N1CCN(c2nccc(C(C)C)n2)CC1. The summed E-state index contributed by atoms with van der Waals surface area (Å²) in [5.41, 5.74) is 1.06. The average molecular weight is 348 g/mol. The normalized spacial score (nSPS) is 16.2. The lowest BCUT2D eigenvalue weighted by Gasteiger charge is -2.35. The van der Waals surface area contributed by atoms with E-state index in [9.17, 15) is 4.79 Å². The number of aromatic nitrogens is 2. The maximum absolute atomic E-state index is 12.4. The standard InChI is InChI=1S/C19H33N5O/c1-5-6-7-8-16(4)21-19(25)24-13-11-23(12-14-24)18-20-10-9-17(22-18)15(2)3/h9-10,15-16H,5-8,11-14H2,1-4H3,(H,21,25). The van der Waals surface area contributed by atoms with Crippen molar-refractivity contribution in [2.75, 3.05) is 31.1 Å². The molecule has 0 spiro atoms. The number of nitrogens with one attached hydrogen (secondary N) is 1. The van der Waals surface area contributed by atoms with E-state index in [-0.39, 0.29) is 12.1 Å². The fourth-order valence-electron chi connectivity index (χ4n) is 3.02. The Hall–Kier alpha value is -1.85. The highest BCUT2D eigenvalue weighted by atomic mass is 16.2. The second-order valence-electron chi connectivity index (χ2n) is 7.26. The molecule has 25 heavy (non-hydrogen) atoms. The molecule has 1 atom stereocenters. The zero-order chi connectivity index (χ0) is 18.2. The zero-order valence-corrected chi connectivity index (χ0v) is 16.2. The molecule has 6 nitrogen and oxygen atoms in total. The van der Waals surface area contributed by atoms with Gasteiger partial charge in [0.15, 0.2) is 0 Å². The summed E-state index contributed by atoms with van der Waals surface area (Å²) >= 11 is 0. The van der Waals surface area contributed by atoms with Gasteiger partial charge in [0.2, 0.25) is 5.95 Å². The molecule has 0 aliphatic carbocycles. The third-order valence-corrected chi connectivity index (χ3v) is 4.72. The van der Waals surface area contributed by atoms with E-state index in [1.165, 1.54) is 19.3 Å². The number of piperazine rings is 1. The van der Waals surface area contributed by atoms with Crippen molar-refractivity contribution in [2.24, 2.45) is 0 Å². The molecule has 1 unspecified atom stereocenters. The summed E-state index contributed by atoms with van der Waals surface area (Å²) in [5.74, 6) is 1.17. The Kier molecular flexibility index (Phi) is 7.47. The molecule has 0 aromatic carbocycles. The van der Waals surface area contributed by atoms with Crippen molar-refractivity contribution in [3.8, 4) is 0 Å². The highest BCUT2D eigenvalue weighted by molar-refractivity contribution is 5.74. The third-order valence-electron chi connectivity index (χ3n) is 4.72. The summed E-state index contributed by atoms with van der Waals surface area (Å²) in [6.07, 6.45) is 6.50. The Balaban J connectivity index is 1.81. The fraction of sp³-hybridized carbons (Fsp3) is 0.737. The van der Waals surface area contributed by atoms with Gasteiger partial charge in [-0.3, -0.25) is 0 Å². The number of amides is 2. The third kappa shape index (κ3) is 5.87. The van der Waals surface area contributed by atoms with Gasteiger partial charge in [-0.15, -0.1) is 0 Å². The van der Waals surface area contributed by atoms with Crippen molar-refractivity contribution in [1.29, 1.82) is 0 Å². The van der Waals surface area contributed by atoms with Crippen molar-refractivity contribution < 1.29 is 4.79 Å². The predicted molar refractivity (Wildman–Crippen MR) is 102 cm³/mol. The molecule has 6 heteroatoms. The number of carbonyl (C=O) groups is 1. The molecule has 1 aliphatic heterocycles. The quantitative estimate of drug-likeness (QED) is 0.768. The molecule has 2 heterocycles. The highest BCUT2D eigenvalue weighted by Gasteiger charge is 2.23. The summed E-state index contributed by atoms with van der Waals surface area (Å²) in [4.78, 5) is 25.5. The number of nitrogens with zero attached hydrogens (tertiary/aromatic N) is 4. The van der Waals surface area contributed by atoms with E-state index in [0.29, 0.717) is 19.0 Å². The Bertz CT molecular complexity index is 540.